The number of hydrogen-bond donors (Lipinski definition) is 2. The number of hydrogen-bond acceptors (Lipinski definition) is 3. The fourth-order valence-electron chi connectivity index (χ4n) is 3.53. The molecule has 1 aromatic heterocycles. The molecule has 0 saturated carbocycles. The molecule has 0 spiro atoms. The number of fused-ring (bicyclic) bond motifs is 1. The average Bonchev–Trinajstić information content (AvgIpc) is 2.55. The lowest BCUT2D eigenvalue weighted by Crippen LogP contribution is -2.33. The van der Waals surface area contributed by atoms with Crippen molar-refractivity contribution in [2.24, 2.45) is 0 Å². The maximum atomic E-state index is 12.2. The molecule has 1 amide bonds. The number of nitriles is 1. The standard InChI is InChI=1S/C20H21N3O2/c1-12-16(13(2)23-20(25)18(12)10-21)7-8-19(24)22-11-15-9-14-5-3-4-6-17(14)15/h3-6,15H,7-9,11H2,1-2H3,(H,22,24)(H,23,25)/t15-/m0/s1. The number of aromatic amines is 1. The van der Waals surface area contributed by atoms with Crippen molar-refractivity contribution in [1.82, 2.24) is 10.3 Å². The van der Waals surface area contributed by atoms with Crippen LogP contribution in [0.1, 0.15) is 45.8 Å². The van der Waals surface area contributed by atoms with E-state index in [1.807, 2.05) is 18.2 Å². The molecule has 0 saturated heterocycles. The van der Waals surface area contributed by atoms with Gasteiger partial charge in [-0.15, -0.1) is 0 Å². The fourth-order valence-corrected chi connectivity index (χ4v) is 3.53. The number of nitrogens with zero attached hydrogens (tertiary/aromatic N) is 1. The van der Waals surface area contributed by atoms with Crippen molar-refractivity contribution in [3.8, 4) is 6.07 Å². The van der Waals surface area contributed by atoms with Gasteiger partial charge in [0, 0.05) is 24.6 Å². The number of carbonyl (C=O) groups excluding carboxylic acids is 1. The minimum absolute atomic E-state index is 0.00658. The number of benzene rings is 1. The van der Waals surface area contributed by atoms with Crippen LogP contribution in [0, 0.1) is 25.2 Å². The Morgan fingerprint density at radius 1 is 1.36 bits per heavy atom. The van der Waals surface area contributed by atoms with E-state index >= 15 is 0 Å². The zero-order valence-corrected chi connectivity index (χ0v) is 14.5. The molecular weight excluding hydrogens is 314 g/mol. The van der Waals surface area contributed by atoms with Crippen molar-refractivity contribution in [3.63, 3.8) is 0 Å². The third kappa shape index (κ3) is 3.34. The van der Waals surface area contributed by atoms with Gasteiger partial charge in [-0.2, -0.15) is 5.26 Å². The Kier molecular flexibility index (Phi) is 4.71. The normalized spacial score (nSPS) is 15.0. The summed E-state index contributed by atoms with van der Waals surface area (Å²) in [5, 5.41) is 12.1. The van der Waals surface area contributed by atoms with Gasteiger partial charge in [0.15, 0.2) is 0 Å². The highest BCUT2D eigenvalue weighted by atomic mass is 16.1. The van der Waals surface area contributed by atoms with E-state index in [9.17, 15) is 9.59 Å². The summed E-state index contributed by atoms with van der Waals surface area (Å²) >= 11 is 0. The Labute approximate surface area is 146 Å². The summed E-state index contributed by atoms with van der Waals surface area (Å²) in [6, 6.07) is 10.3. The highest BCUT2D eigenvalue weighted by molar-refractivity contribution is 5.76. The van der Waals surface area contributed by atoms with Gasteiger partial charge in [0.2, 0.25) is 5.91 Å². The quantitative estimate of drug-likeness (QED) is 0.879. The van der Waals surface area contributed by atoms with E-state index < -0.39 is 0 Å². The molecule has 128 valence electrons. The molecule has 1 atom stereocenters. The van der Waals surface area contributed by atoms with Crippen LogP contribution in [0.25, 0.3) is 0 Å². The first kappa shape index (κ1) is 17.0. The van der Waals surface area contributed by atoms with Gasteiger partial charge in [-0.1, -0.05) is 24.3 Å². The predicted molar refractivity (Wildman–Crippen MR) is 95.5 cm³/mol. The summed E-state index contributed by atoms with van der Waals surface area (Å²) in [6.45, 7) is 4.22. The van der Waals surface area contributed by atoms with Crippen LogP contribution in [0.4, 0.5) is 0 Å². The highest BCUT2D eigenvalue weighted by Crippen LogP contribution is 2.33. The molecule has 1 aliphatic rings. The van der Waals surface area contributed by atoms with Gasteiger partial charge in [0.25, 0.3) is 5.56 Å². The van der Waals surface area contributed by atoms with Gasteiger partial charge in [-0.25, -0.2) is 0 Å². The molecule has 3 rings (SSSR count). The molecule has 5 heteroatoms. The van der Waals surface area contributed by atoms with E-state index in [-0.39, 0.29) is 17.0 Å². The monoisotopic (exact) mass is 335 g/mol. The number of nitrogens with one attached hydrogen (secondary N) is 2. The molecule has 1 aromatic carbocycles. The number of aromatic nitrogens is 1. The molecule has 1 heterocycles. The molecule has 25 heavy (non-hydrogen) atoms. The third-order valence-corrected chi connectivity index (χ3v) is 5.03. The minimum atomic E-state index is -0.366. The van der Waals surface area contributed by atoms with Crippen LogP contribution in [0.2, 0.25) is 0 Å². The Morgan fingerprint density at radius 3 is 2.84 bits per heavy atom. The first-order valence-electron chi connectivity index (χ1n) is 8.48. The Hall–Kier alpha value is -2.87. The minimum Gasteiger partial charge on any atom is -0.355 e. The lowest BCUT2D eigenvalue weighted by atomic mass is 9.77. The van der Waals surface area contributed by atoms with Crippen LogP contribution in [0.15, 0.2) is 29.1 Å². The second kappa shape index (κ2) is 6.94. The van der Waals surface area contributed by atoms with Crippen molar-refractivity contribution in [3.05, 3.63) is 68.1 Å². The van der Waals surface area contributed by atoms with Gasteiger partial charge in [0.1, 0.15) is 11.6 Å². The molecule has 0 bridgehead atoms. The van der Waals surface area contributed by atoms with Crippen LogP contribution < -0.4 is 10.9 Å². The largest absolute Gasteiger partial charge is 0.355 e. The van der Waals surface area contributed by atoms with Crippen LogP contribution in [-0.2, 0) is 17.6 Å². The van der Waals surface area contributed by atoms with Crippen LogP contribution in [-0.4, -0.2) is 17.4 Å². The van der Waals surface area contributed by atoms with E-state index in [1.165, 1.54) is 11.1 Å². The average molecular weight is 335 g/mol. The molecule has 2 N–H and O–H groups in total. The van der Waals surface area contributed by atoms with E-state index in [0.717, 1.165) is 17.7 Å². The smallest absolute Gasteiger partial charge is 0.266 e. The SMILES string of the molecule is Cc1[nH]c(=O)c(C#N)c(C)c1CCC(=O)NC[C@@H]1Cc2ccccc21. The molecule has 0 aliphatic heterocycles. The van der Waals surface area contributed by atoms with Crippen molar-refractivity contribution in [2.45, 2.75) is 39.0 Å². The lowest BCUT2D eigenvalue weighted by Gasteiger charge is -2.30. The topological polar surface area (TPSA) is 85.8 Å². The summed E-state index contributed by atoms with van der Waals surface area (Å²) in [5.74, 6) is 0.398. The van der Waals surface area contributed by atoms with Crippen molar-refractivity contribution in [1.29, 1.82) is 5.26 Å². The third-order valence-electron chi connectivity index (χ3n) is 5.03. The number of amides is 1. The molecule has 5 nitrogen and oxygen atoms in total. The maximum absolute atomic E-state index is 12.2. The summed E-state index contributed by atoms with van der Waals surface area (Å²) in [5.41, 5.74) is 4.73. The van der Waals surface area contributed by atoms with Crippen LogP contribution in [0.5, 0.6) is 0 Å². The molecule has 0 unspecified atom stereocenters. The van der Waals surface area contributed by atoms with E-state index in [2.05, 4.69) is 22.4 Å². The number of H-pyrrole nitrogens is 1. The van der Waals surface area contributed by atoms with Gasteiger partial charge in [-0.05, 0) is 48.9 Å². The zero-order chi connectivity index (χ0) is 18.0. The highest BCUT2D eigenvalue weighted by Gasteiger charge is 2.25. The fraction of sp³-hybridized carbons (Fsp3) is 0.350. The zero-order valence-electron chi connectivity index (χ0n) is 14.5. The predicted octanol–water partition coefficient (Wildman–Crippen LogP) is 2.25. The van der Waals surface area contributed by atoms with Crippen molar-refractivity contribution < 1.29 is 4.79 Å². The van der Waals surface area contributed by atoms with Crippen LogP contribution in [0.3, 0.4) is 0 Å². The molecule has 1 aliphatic carbocycles. The number of carbonyl (C=O) groups is 1. The lowest BCUT2D eigenvalue weighted by molar-refractivity contribution is -0.121. The number of rotatable bonds is 5. The summed E-state index contributed by atoms with van der Waals surface area (Å²) in [7, 11) is 0. The van der Waals surface area contributed by atoms with Gasteiger partial charge >= 0.3 is 0 Å². The molecule has 2 aromatic rings. The molecular formula is C20H21N3O2. The maximum Gasteiger partial charge on any atom is 0.266 e. The second-order valence-electron chi connectivity index (χ2n) is 6.57. The van der Waals surface area contributed by atoms with Gasteiger partial charge in [0.05, 0.1) is 0 Å². The van der Waals surface area contributed by atoms with Crippen LogP contribution >= 0.6 is 0 Å². The Bertz CT molecular complexity index is 922. The summed E-state index contributed by atoms with van der Waals surface area (Å²) in [4.78, 5) is 26.6. The molecule has 0 fully saturated rings. The van der Waals surface area contributed by atoms with Crippen molar-refractivity contribution >= 4 is 5.91 Å². The van der Waals surface area contributed by atoms with Crippen molar-refractivity contribution in [2.75, 3.05) is 6.54 Å². The first-order chi connectivity index (χ1) is 12.0. The summed E-state index contributed by atoms with van der Waals surface area (Å²) < 4.78 is 0. The van der Waals surface area contributed by atoms with Gasteiger partial charge in [-0.3, -0.25) is 9.59 Å². The van der Waals surface area contributed by atoms with E-state index in [4.69, 9.17) is 5.26 Å². The molecule has 0 radical (unpaired) electrons. The summed E-state index contributed by atoms with van der Waals surface area (Å²) in [6.07, 6.45) is 1.86. The Balaban J connectivity index is 1.57. The number of aryl methyl sites for hydroxylation is 1. The van der Waals surface area contributed by atoms with Gasteiger partial charge < -0.3 is 10.3 Å². The number of pyridine rings is 1. The van der Waals surface area contributed by atoms with E-state index in [1.54, 1.807) is 13.8 Å². The first-order valence-corrected chi connectivity index (χ1v) is 8.48. The van der Waals surface area contributed by atoms with E-state index in [0.29, 0.717) is 30.9 Å². The Morgan fingerprint density at radius 2 is 2.12 bits per heavy atom. The second-order valence-corrected chi connectivity index (χ2v) is 6.57.